The number of anilines is 2. The van der Waals surface area contributed by atoms with Gasteiger partial charge in [-0.2, -0.15) is 0 Å². The molecule has 0 aliphatic carbocycles. The molecule has 1 aromatic heterocycles. The maximum atomic E-state index is 5.98. The van der Waals surface area contributed by atoms with E-state index in [0.29, 0.717) is 19.0 Å². The molecular formula is C15H19ClN4O. The summed E-state index contributed by atoms with van der Waals surface area (Å²) in [6.07, 6.45) is 0. The number of nitrogens with one attached hydrogen (secondary N) is 2. The predicted octanol–water partition coefficient (Wildman–Crippen LogP) is 3.32. The van der Waals surface area contributed by atoms with E-state index in [9.17, 15) is 0 Å². The molecule has 0 aliphatic rings. The Morgan fingerprint density at radius 2 is 1.90 bits per heavy atom. The minimum Gasteiger partial charge on any atom is -0.377 e. The molecule has 0 radical (unpaired) electrons. The lowest BCUT2D eigenvalue weighted by molar-refractivity contribution is 0.178. The molecule has 5 nitrogen and oxygen atoms in total. The summed E-state index contributed by atoms with van der Waals surface area (Å²) in [5.74, 6) is 2.19. The summed E-state index contributed by atoms with van der Waals surface area (Å²) in [6.45, 7) is 3.86. The zero-order chi connectivity index (χ0) is 15.1. The number of rotatable bonds is 7. The van der Waals surface area contributed by atoms with E-state index in [0.717, 1.165) is 28.8 Å². The van der Waals surface area contributed by atoms with Crippen LogP contribution >= 0.6 is 11.6 Å². The van der Waals surface area contributed by atoms with Gasteiger partial charge in [0.1, 0.15) is 18.2 Å². The Morgan fingerprint density at radius 1 is 1.14 bits per heavy atom. The Morgan fingerprint density at radius 3 is 2.57 bits per heavy atom. The van der Waals surface area contributed by atoms with Gasteiger partial charge in [0, 0.05) is 31.3 Å². The second-order valence-electron chi connectivity index (χ2n) is 4.50. The molecule has 2 rings (SSSR count). The van der Waals surface area contributed by atoms with E-state index in [1.807, 2.05) is 37.3 Å². The third-order valence-corrected chi connectivity index (χ3v) is 3.00. The molecule has 0 fully saturated rings. The fourth-order valence-electron chi connectivity index (χ4n) is 1.89. The summed E-state index contributed by atoms with van der Waals surface area (Å²) in [6, 6.07) is 9.61. The van der Waals surface area contributed by atoms with Gasteiger partial charge in [-0.3, -0.25) is 0 Å². The van der Waals surface area contributed by atoms with Crippen molar-refractivity contribution in [3.05, 3.63) is 46.7 Å². The summed E-state index contributed by atoms with van der Waals surface area (Å²) in [5.41, 5.74) is 1.10. The smallest absolute Gasteiger partial charge is 0.158 e. The van der Waals surface area contributed by atoms with Crippen LogP contribution in [-0.4, -0.2) is 23.6 Å². The average molecular weight is 307 g/mol. The molecule has 0 amide bonds. The van der Waals surface area contributed by atoms with Crippen molar-refractivity contribution in [1.29, 1.82) is 0 Å². The van der Waals surface area contributed by atoms with Gasteiger partial charge in [-0.1, -0.05) is 23.7 Å². The number of aromatic nitrogens is 2. The van der Waals surface area contributed by atoms with Gasteiger partial charge in [0.25, 0.3) is 0 Å². The summed E-state index contributed by atoms with van der Waals surface area (Å²) in [4.78, 5) is 8.80. The van der Waals surface area contributed by atoms with Gasteiger partial charge < -0.3 is 15.4 Å². The number of nitrogens with zero attached hydrogens (tertiary/aromatic N) is 2. The lowest BCUT2D eigenvalue weighted by atomic mass is 10.2. The lowest BCUT2D eigenvalue weighted by Gasteiger charge is -2.10. The van der Waals surface area contributed by atoms with Crippen molar-refractivity contribution in [2.24, 2.45) is 0 Å². The minimum absolute atomic E-state index is 0.380. The summed E-state index contributed by atoms with van der Waals surface area (Å²) in [7, 11) is 1.63. The number of benzene rings is 1. The largest absolute Gasteiger partial charge is 0.377 e. The van der Waals surface area contributed by atoms with E-state index in [-0.39, 0.29) is 0 Å². The first kappa shape index (κ1) is 15.5. The Kier molecular flexibility index (Phi) is 5.78. The number of methoxy groups -OCH3 is 1. The molecule has 112 valence electrons. The second kappa shape index (κ2) is 7.81. The molecule has 2 N–H and O–H groups in total. The van der Waals surface area contributed by atoms with Crippen molar-refractivity contribution in [2.75, 3.05) is 24.3 Å². The third kappa shape index (κ3) is 4.88. The van der Waals surface area contributed by atoms with Crippen molar-refractivity contribution < 1.29 is 4.74 Å². The van der Waals surface area contributed by atoms with Gasteiger partial charge in [0.15, 0.2) is 5.82 Å². The monoisotopic (exact) mass is 306 g/mol. The highest BCUT2D eigenvalue weighted by Gasteiger charge is 2.04. The highest BCUT2D eigenvalue weighted by Crippen LogP contribution is 2.15. The highest BCUT2D eigenvalue weighted by atomic mass is 35.5. The van der Waals surface area contributed by atoms with Crippen LogP contribution < -0.4 is 10.6 Å². The molecule has 6 heteroatoms. The second-order valence-corrected chi connectivity index (χ2v) is 4.94. The molecule has 0 bridgehead atoms. The molecule has 1 heterocycles. The quantitative estimate of drug-likeness (QED) is 0.822. The first-order chi connectivity index (χ1) is 10.2. The van der Waals surface area contributed by atoms with Crippen LogP contribution in [0.5, 0.6) is 0 Å². The first-order valence-electron chi connectivity index (χ1n) is 6.80. The highest BCUT2D eigenvalue weighted by molar-refractivity contribution is 6.30. The van der Waals surface area contributed by atoms with E-state index in [1.54, 1.807) is 7.11 Å². The third-order valence-electron chi connectivity index (χ3n) is 2.77. The van der Waals surface area contributed by atoms with E-state index in [1.165, 1.54) is 0 Å². The average Bonchev–Trinajstić information content (AvgIpc) is 2.46. The number of ether oxygens (including phenoxy) is 1. The molecule has 2 aromatic rings. The maximum absolute atomic E-state index is 5.98. The molecule has 1 aromatic carbocycles. The maximum Gasteiger partial charge on any atom is 0.158 e. The van der Waals surface area contributed by atoms with E-state index in [2.05, 4.69) is 20.6 Å². The topological polar surface area (TPSA) is 59.1 Å². The Labute approximate surface area is 129 Å². The zero-order valence-corrected chi connectivity index (χ0v) is 12.9. The fourth-order valence-corrected chi connectivity index (χ4v) is 2.11. The molecule has 0 unspecified atom stereocenters. The SMILES string of the molecule is CCNc1cc(NCc2cccc(Cl)c2)nc(COC)n1. The lowest BCUT2D eigenvalue weighted by Crippen LogP contribution is -2.08. The van der Waals surface area contributed by atoms with Crippen LogP contribution in [0.15, 0.2) is 30.3 Å². The van der Waals surface area contributed by atoms with Crippen LogP contribution in [0.4, 0.5) is 11.6 Å². The molecule has 0 saturated heterocycles. The predicted molar refractivity (Wildman–Crippen MR) is 85.7 cm³/mol. The van der Waals surface area contributed by atoms with Crippen molar-refractivity contribution in [2.45, 2.75) is 20.1 Å². The molecule has 21 heavy (non-hydrogen) atoms. The van der Waals surface area contributed by atoms with Gasteiger partial charge >= 0.3 is 0 Å². The van der Waals surface area contributed by atoms with Crippen molar-refractivity contribution >= 4 is 23.2 Å². The van der Waals surface area contributed by atoms with Crippen LogP contribution in [-0.2, 0) is 17.9 Å². The number of hydrogen-bond donors (Lipinski definition) is 2. The van der Waals surface area contributed by atoms with E-state index >= 15 is 0 Å². The standard InChI is InChI=1S/C15H19ClN4O/c1-3-17-13-8-14(20-15(19-13)10-21-2)18-9-11-5-4-6-12(16)7-11/h4-8H,3,9-10H2,1-2H3,(H2,17,18,19,20). The number of hydrogen-bond acceptors (Lipinski definition) is 5. The zero-order valence-electron chi connectivity index (χ0n) is 12.2. The summed E-state index contributed by atoms with van der Waals surface area (Å²) in [5, 5.41) is 7.19. The van der Waals surface area contributed by atoms with Gasteiger partial charge in [0.2, 0.25) is 0 Å². The minimum atomic E-state index is 0.380. The normalized spacial score (nSPS) is 10.4. The van der Waals surface area contributed by atoms with E-state index in [4.69, 9.17) is 16.3 Å². The van der Waals surface area contributed by atoms with Gasteiger partial charge in [-0.25, -0.2) is 9.97 Å². The first-order valence-corrected chi connectivity index (χ1v) is 7.18. The van der Waals surface area contributed by atoms with Crippen LogP contribution in [0, 0.1) is 0 Å². The van der Waals surface area contributed by atoms with Crippen molar-refractivity contribution in [3.63, 3.8) is 0 Å². The van der Waals surface area contributed by atoms with Crippen LogP contribution in [0.2, 0.25) is 5.02 Å². The number of halogens is 1. The molecular weight excluding hydrogens is 288 g/mol. The molecule has 0 saturated carbocycles. The van der Waals surface area contributed by atoms with Crippen molar-refractivity contribution in [1.82, 2.24) is 9.97 Å². The van der Waals surface area contributed by atoms with Crippen LogP contribution in [0.1, 0.15) is 18.3 Å². The summed E-state index contributed by atoms with van der Waals surface area (Å²) < 4.78 is 5.10. The van der Waals surface area contributed by atoms with Gasteiger partial charge in [-0.05, 0) is 24.6 Å². The van der Waals surface area contributed by atoms with Crippen molar-refractivity contribution in [3.8, 4) is 0 Å². The van der Waals surface area contributed by atoms with Gasteiger partial charge in [-0.15, -0.1) is 0 Å². The fraction of sp³-hybridized carbons (Fsp3) is 0.333. The summed E-state index contributed by atoms with van der Waals surface area (Å²) >= 11 is 5.98. The molecule has 0 atom stereocenters. The Hall–Kier alpha value is -1.85. The van der Waals surface area contributed by atoms with Crippen LogP contribution in [0.3, 0.4) is 0 Å². The Balaban J connectivity index is 2.10. The molecule has 0 aliphatic heterocycles. The van der Waals surface area contributed by atoms with Gasteiger partial charge in [0.05, 0.1) is 0 Å². The van der Waals surface area contributed by atoms with E-state index < -0.39 is 0 Å². The van der Waals surface area contributed by atoms with Crippen LogP contribution in [0.25, 0.3) is 0 Å². The Bertz CT molecular complexity index is 567. The molecule has 0 spiro atoms.